The molecule has 0 aromatic heterocycles. The summed E-state index contributed by atoms with van der Waals surface area (Å²) in [6, 6.07) is 0. The van der Waals surface area contributed by atoms with Gasteiger partial charge in [0.15, 0.2) is 5.79 Å². The highest BCUT2D eigenvalue weighted by Gasteiger charge is 2.71. The van der Waals surface area contributed by atoms with Crippen molar-refractivity contribution in [2.24, 2.45) is 22.7 Å². The van der Waals surface area contributed by atoms with Gasteiger partial charge in [0.2, 0.25) is 0 Å². The van der Waals surface area contributed by atoms with Gasteiger partial charge in [0.05, 0.1) is 26.1 Å². The van der Waals surface area contributed by atoms with Crippen LogP contribution in [0.25, 0.3) is 0 Å². The molecule has 0 aromatic rings. The Kier molecular flexibility index (Phi) is 2.90. The molecule has 5 fully saturated rings. The maximum absolute atomic E-state index is 12.0. The molecule has 4 aliphatic carbocycles. The Hall–Kier alpha value is -0.170. The largest absolute Gasteiger partial charge is 0.347 e. The highest BCUT2D eigenvalue weighted by Crippen LogP contribution is 2.74. The Balaban J connectivity index is 1.68. The number of ether oxygens (including phenoxy) is 2. The summed E-state index contributed by atoms with van der Waals surface area (Å²) >= 11 is 0. The molecular weight excluding hydrogens is 292 g/mol. The summed E-state index contributed by atoms with van der Waals surface area (Å²) in [7, 11) is -2.15. The van der Waals surface area contributed by atoms with Gasteiger partial charge in [0, 0.05) is 5.41 Å². The van der Waals surface area contributed by atoms with Gasteiger partial charge in [-0.15, -0.1) is 0 Å². The van der Waals surface area contributed by atoms with E-state index in [-0.39, 0.29) is 16.6 Å². The van der Waals surface area contributed by atoms with E-state index in [1.165, 1.54) is 13.5 Å². The highest BCUT2D eigenvalue weighted by molar-refractivity contribution is 7.86. The molecule has 0 amide bonds. The number of hydrogen-bond donors (Lipinski definition) is 0. The van der Waals surface area contributed by atoms with E-state index >= 15 is 0 Å². The van der Waals surface area contributed by atoms with Gasteiger partial charge >= 0.3 is 0 Å². The maximum atomic E-state index is 12.0. The molecule has 0 radical (unpaired) electrons. The van der Waals surface area contributed by atoms with Crippen LogP contribution in [0.1, 0.15) is 39.0 Å². The monoisotopic (exact) mass is 316 g/mol. The first-order valence-corrected chi connectivity index (χ1v) is 9.46. The van der Waals surface area contributed by atoms with Crippen LogP contribution in [0.2, 0.25) is 0 Å². The molecule has 1 aliphatic heterocycles. The molecule has 5 rings (SSSR count). The summed E-state index contributed by atoms with van der Waals surface area (Å²) in [5.74, 6) is 0.785. The second-order valence-electron chi connectivity index (χ2n) is 7.76. The fourth-order valence-corrected chi connectivity index (χ4v) is 7.40. The van der Waals surface area contributed by atoms with Crippen molar-refractivity contribution in [3.8, 4) is 0 Å². The summed E-state index contributed by atoms with van der Waals surface area (Å²) in [5.41, 5.74) is -0.116. The smallest absolute Gasteiger partial charge is 0.267 e. The molecule has 1 heterocycles. The molecule has 1 saturated heterocycles. The van der Waals surface area contributed by atoms with Crippen molar-refractivity contribution in [3.63, 3.8) is 0 Å². The quantitative estimate of drug-likeness (QED) is 0.742. The van der Waals surface area contributed by atoms with Gasteiger partial charge in [-0.3, -0.25) is 4.18 Å². The standard InChI is InChI=1S/C15H24O5S/c1-13(19-3-4-20-13)15-7-11-5-12(15)8-14(6-11,9-15)10-21(16,17)18-2/h11-12H,3-10H2,1-2H3. The average molecular weight is 316 g/mol. The third kappa shape index (κ3) is 1.89. The molecule has 4 bridgehead atoms. The van der Waals surface area contributed by atoms with E-state index in [1.807, 2.05) is 0 Å². The van der Waals surface area contributed by atoms with Crippen molar-refractivity contribution >= 4 is 10.1 Å². The average Bonchev–Trinajstić information content (AvgIpc) is 3.00. The fraction of sp³-hybridized carbons (Fsp3) is 1.00. The van der Waals surface area contributed by atoms with Gasteiger partial charge in [0.1, 0.15) is 0 Å². The van der Waals surface area contributed by atoms with E-state index < -0.39 is 15.9 Å². The van der Waals surface area contributed by atoms with Crippen molar-refractivity contribution in [3.05, 3.63) is 0 Å². The third-order valence-electron chi connectivity index (χ3n) is 6.62. The first kappa shape index (κ1) is 14.4. The molecule has 0 spiro atoms. The third-order valence-corrected chi connectivity index (χ3v) is 8.10. The molecule has 6 heteroatoms. The Bertz CT molecular complexity index is 552. The Morgan fingerprint density at radius 1 is 1.19 bits per heavy atom. The lowest BCUT2D eigenvalue weighted by atomic mass is 9.65. The van der Waals surface area contributed by atoms with Crippen LogP contribution in [0.4, 0.5) is 0 Å². The van der Waals surface area contributed by atoms with Gasteiger partial charge in [0.25, 0.3) is 10.1 Å². The summed E-state index contributed by atoms with van der Waals surface area (Å²) in [4.78, 5) is 0. The van der Waals surface area contributed by atoms with E-state index in [9.17, 15) is 8.42 Å². The van der Waals surface area contributed by atoms with E-state index in [1.54, 1.807) is 0 Å². The lowest BCUT2D eigenvalue weighted by Crippen LogP contribution is -2.49. The number of hydrogen-bond acceptors (Lipinski definition) is 5. The van der Waals surface area contributed by atoms with Crippen LogP contribution in [0.5, 0.6) is 0 Å². The van der Waals surface area contributed by atoms with Crippen molar-refractivity contribution in [2.75, 3.05) is 26.1 Å². The molecule has 4 unspecified atom stereocenters. The molecular formula is C15H24O5S. The topological polar surface area (TPSA) is 61.8 Å². The lowest BCUT2D eigenvalue weighted by Gasteiger charge is -2.46. The fourth-order valence-electron chi connectivity index (χ4n) is 6.20. The van der Waals surface area contributed by atoms with Gasteiger partial charge in [-0.2, -0.15) is 8.42 Å². The maximum Gasteiger partial charge on any atom is 0.267 e. The molecule has 5 aliphatic rings. The molecule has 0 N–H and O–H groups in total. The predicted octanol–water partition coefficient (Wildman–Crippen LogP) is 1.92. The normalized spacial score (nSPS) is 47.3. The van der Waals surface area contributed by atoms with Crippen molar-refractivity contribution in [2.45, 2.75) is 44.8 Å². The van der Waals surface area contributed by atoms with Crippen LogP contribution >= 0.6 is 0 Å². The van der Waals surface area contributed by atoms with Crippen LogP contribution in [0, 0.1) is 22.7 Å². The van der Waals surface area contributed by atoms with Crippen LogP contribution in [-0.2, 0) is 23.8 Å². The van der Waals surface area contributed by atoms with E-state index in [0.717, 1.165) is 25.7 Å². The molecule has 0 aromatic carbocycles. The minimum absolute atomic E-state index is 0.00960. The highest BCUT2D eigenvalue weighted by atomic mass is 32.2. The van der Waals surface area contributed by atoms with Crippen molar-refractivity contribution in [1.82, 2.24) is 0 Å². The second-order valence-corrected chi connectivity index (χ2v) is 9.49. The molecule has 120 valence electrons. The first-order valence-electron chi connectivity index (χ1n) is 7.88. The zero-order valence-corrected chi connectivity index (χ0v) is 13.6. The predicted molar refractivity (Wildman–Crippen MR) is 76.0 cm³/mol. The van der Waals surface area contributed by atoms with Crippen molar-refractivity contribution < 1.29 is 22.1 Å². The lowest BCUT2D eigenvalue weighted by molar-refractivity contribution is -0.236. The van der Waals surface area contributed by atoms with Crippen LogP contribution in [-0.4, -0.2) is 40.3 Å². The minimum atomic E-state index is -3.42. The van der Waals surface area contributed by atoms with Crippen LogP contribution in [0.15, 0.2) is 0 Å². The summed E-state index contributed by atoms with van der Waals surface area (Å²) in [6.45, 7) is 3.37. The van der Waals surface area contributed by atoms with Crippen LogP contribution < -0.4 is 0 Å². The Labute approximate surface area is 126 Å². The SMILES string of the molecule is COS(=O)(=O)CC12CC3CC(C1)C(C1(C)OCCO1)(C3)C2. The number of rotatable bonds is 4. The van der Waals surface area contributed by atoms with E-state index in [4.69, 9.17) is 13.7 Å². The zero-order chi connectivity index (χ0) is 14.9. The van der Waals surface area contributed by atoms with Crippen LogP contribution in [0.3, 0.4) is 0 Å². The molecule has 21 heavy (non-hydrogen) atoms. The Morgan fingerprint density at radius 2 is 1.90 bits per heavy atom. The first-order chi connectivity index (χ1) is 9.82. The Morgan fingerprint density at radius 3 is 2.57 bits per heavy atom. The van der Waals surface area contributed by atoms with E-state index in [0.29, 0.717) is 25.0 Å². The van der Waals surface area contributed by atoms with Gasteiger partial charge < -0.3 is 9.47 Å². The van der Waals surface area contributed by atoms with Gasteiger partial charge in [-0.05, 0) is 56.3 Å². The second kappa shape index (κ2) is 4.22. The summed E-state index contributed by atoms with van der Waals surface area (Å²) in [5, 5.41) is 0. The van der Waals surface area contributed by atoms with Gasteiger partial charge in [-0.25, -0.2) is 0 Å². The van der Waals surface area contributed by atoms with Gasteiger partial charge in [-0.1, -0.05) is 0 Å². The zero-order valence-electron chi connectivity index (χ0n) is 12.8. The van der Waals surface area contributed by atoms with Crippen molar-refractivity contribution in [1.29, 1.82) is 0 Å². The summed E-state index contributed by atoms with van der Waals surface area (Å²) < 4.78 is 40.7. The van der Waals surface area contributed by atoms with E-state index in [2.05, 4.69) is 6.92 Å². The minimum Gasteiger partial charge on any atom is -0.347 e. The molecule has 5 nitrogen and oxygen atoms in total. The molecule has 4 saturated carbocycles. The molecule has 4 atom stereocenters. The summed E-state index contributed by atoms with van der Waals surface area (Å²) in [6.07, 6.45) is 5.23.